The molecule has 3 atom stereocenters. The van der Waals surface area contributed by atoms with Crippen molar-refractivity contribution < 1.29 is 9.53 Å². The molecule has 0 bridgehead atoms. The van der Waals surface area contributed by atoms with E-state index < -0.39 is 0 Å². The molecule has 0 spiro atoms. The summed E-state index contributed by atoms with van der Waals surface area (Å²) in [5.74, 6) is 1.26. The van der Waals surface area contributed by atoms with Crippen molar-refractivity contribution >= 4 is 5.91 Å². The van der Waals surface area contributed by atoms with Crippen LogP contribution in [0.4, 0.5) is 0 Å². The van der Waals surface area contributed by atoms with Gasteiger partial charge in [0.1, 0.15) is 11.9 Å². The number of hydrogen-bond acceptors (Lipinski definition) is 3. The summed E-state index contributed by atoms with van der Waals surface area (Å²) in [4.78, 5) is 11.9. The number of carbonyl (C=O) groups is 1. The van der Waals surface area contributed by atoms with Gasteiger partial charge in [0.05, 0.1) is 6.54 Å². The number of carbonyl (C=O) groups excluding carboxylic acids is 1. The normalized spacial score (nSPS) is 22.8. The second-order valence-corrected chi connectivity index (χ2v) is 6.10. The lowest BCUT2D eigenvalue weighted by atomic mass is 10.00. The Labute approximate surface area is 127 Å². The standard InChI is InChI=1S/C17H26N2O2/c1-12-6-8-15(9-7-12)21-13(2)11-19-17(20)10-14-4-3-5-16(14)18/h6-9,13-14,16H,3-5,10-11,18H2,1-2H3,(H,19,20)/t13?,14-,16+/m0/s1. The van der Waals surface area contributed by atoms with E-state index in [4.69, 9.17) is 10.5 Å². The van der Waals surface area contributed by atoms with Crippen LogP contribution in [0.3, 0.4) is 0 Å². The zero-order valence-electron chi connectivity index (χ0n) is 13.0. The van der Waals surface area contributed by atoms with Crippen molar-refractivity contribution in [1.29, 1.82) is 0 Å². The van der Waals surface area contributed by atoms with Gasteiger partial charge in [0.15, 0.2) is 0 Å². The lowest BCUT2D eigenvalue weighted by Gasteiger charge is -2.18. The number of aryl methyl sites for hydroxylation is 1. The molecule has 1 fully saturated rings. The van der Waals surface area contributed by atoms with E-state index in [-0.39, 0.29) is 18.1 Å². The van der Waals surface area contributed by atoms with Crippen molar-refractivity contribution in [3.05, 3.63) is 29.8 Å². The van der Waals surface area contributed by atoms with Crippen LogP contribution in [-0.4, -0.2) is 24.6 Å². The van der Waals surface area contributed by atoms with Gasteiger partial charge < -0.3 is 15.8 Å². The maximum atomic E-state index is 11.9. The fourth-order valence-electron chi connectivity index (χ4n) is 2.78. The van der Waals surface area contributed by atoms with E-state index in [2.05, 4.69) is 5.32 Å². The van der Waals surface area contributed by atoms with E-state index in [0.717, 1.165) is 25.0 Å². The minimum atomic E-state index is -0.0473. The first-order valence-electron chi connectivity index (χ1n) is 7.80. The molecule has 21 heavy (non-hydrogen) atoms. The van der Waals surface area contributed by atoms with Crippen LogP contribution in [0.2, 0.25) is 0 Å². The molecule has 1 aromatic carbocycles. The predicted octanol–water partition coefficient (Wildman–Crippen LogP) is 2.40. The van der Waals surface area contributed by atoms with E-state index in [0.29, 0.717) is 18.9 Å². The van der Waals surface area contributed by atoms with Crippen molar-refractivity contribution in [2.45, 2.75) is 51.7 Å². The Kier molecular flexibility index (Phi) is 5.62. The van der Waals surface area contributed by atoms with Gasteiger partial charge in [0.2, 0.25) is 5.91 Å². The average molecular weight is 290 g/mol. The van der Waals surface area contributed by atoms with E-state index >= 15 is 0 Å². The van der Waals surface area contributed by atoms with Crippen LogP contribution in [0.1, 0.15) is 38.2 Å². The molecule has 0 saturated heterocycles. The Bertz CT molecular complexity index is 458. The molecule has 0 radical (unpaired) electrons. The van der Waals surface area contributed by atoms with Gasteiger partial charge in [-0.1, -0.05) is 24.1 Å². The highest BCUT2D eigenvalue weighted by molar-refractivity contribution is 5.76. The molecule has 0 heterocycles. The third-order valence-corrected chi connectivity index (χ3v) is 4.11. The Balaban J connectivity index is 1.69. The summed E-state index contributed by atoms with van der Waals surface area (Å²) in [6.07, 6.45) is 3.76. The summed E-state index contributed by atoms with van der Waals surface area (Å²) < 4.78 is 5.77. The Morgan fingerprint density at radius 2 is 2.10 bits per heavy atom. The number of nitrogens with one attached hydrogen (secondary N) is 1. The smallest absolute Gasteiger partial charge is 0.220 e. The first-order chi connectivity index (χ1) is 10.0. The van der Waals surface area contributed by atoms with Crippen LogP contribution >= 0.6 is 0 Å². The predicted molar refractivity (Wildman–Crippen MR) is 84.2 cm³/mol. The maximum absolute atomic E-state index is 11.9. The molecular weight excluding hydrogens is 264 g/mol. The average Bonchev–Trinajstić information content (AvgIpc) is 2.85. The molecule has 1 amide bonds. The molecule has 4 nitrogen and oxygen atoms in total. The van der Waals surface area contributed by atoms with Crippen LogP contribution in [0, 0.1) is 12.8 Å². The van der Waals surface area contributed by atoms with Gasteiger partial charge in [-0.25, -0.2) is 0 Å². The zero-order chi connectivity index (χ0) is 15.2. The largest absolute Gasteiger partial charge is 0.489 e. The van der Waals surface area contributed by atoms with Crippen molar-refractivity contribution in [3.63, 3.8) is 0 Å². The van der Waals surface area contributed by atoms with Crippen molar-refractivity contribution in [2.75, 3.05) is 6.54 Å². The summed E-state index contributed by atoms with van der Waals surface area (Å²) >= 11 is 0. The summed E-state index contributed by atoms with van der Waals surface area (Å²) in [5, 5.41) is 2.94. The zero-order valence-corrected chi connectivity index (χ0v) is 13.0. The lowest BCUT2D eigenvalue weighted by Crippen LogP contribution is -2.36. The lowest BCUT2D eigenvalue weighted by molar-refractivity contribution is -0.122. The van der Waals surface area contributed by atoms with Crippen LogP contribution in [-0.2, 0) is 4.79 Å². The minimum absolute atomic E-state index is 0.0473. The van der Waals surface area contributed by atoms with E-state index in [9.17, 15) is 4.79 Å². The molecule has 2 rings (SSSR count). The minimum Gasteiger partial charge on any atom is -0.489 e. The maximum Gasteiger partial charge on any atom is 0.220 e. The topological polar surface area (TPSA) is 64.3 Å². The Hall–Kier alpha value is -1.55. The molecule has 1 saturated carbocycles. The number of nitrogens with two attached hydrogens (primary N) is 1. The first-order valence-corrected chi connectivity index (χ1v) is 7.80. The van der Waals surface area contributed by atoms with Gasteiger partial charge in [-0.2, -0.15) is 0 Å². The molecule has 4 heteroatoms. The van der Waals surface area contributed by atoms with Crippen LogP contribution in [0.15, 0.2) is 24.3 Å². The van der Waals surface area contributed by atoms with Gasteiger partial charge >= 0.3 is 0 Å². The fourth-order valence-corrected chi connectivity index (χ4v) is 2.78. The van der Waals surface area contributed by atoms with Gasteiger partial charge in [-0.3, -0.25) is 4.79 Å². The van der Waals surface area contributed by atoms with Crippen molar-refractivity contribution in [2.24, 2.45) is 11.7 Å². The Morgan fingerprint density at radius 3 is 2.71 bits per heavy atom. The molecule has 1 unspecified atom stereocenters. The molecule has 116 valence electrons. The Morgan fingerprint density at radius 1 is 1.38 bits per heavy atom. The van der Waals surface area contributed by atoms with Crippen molar-refractivity contribution in [1.82, 2.24) is 5.32 Å². The van der Waals surface area contributed by atoms with E-state index in [1.54, 1.807) is 0 Å². The SMILES string of the molecule is Cc1ccc(OC(C)CNC(=O)C[C@@H]2CCC[C@H]2N)cc1. The van der Waals surface area contributed by atoms with Crippen LogP contribution in [0.25, 0.3) is 0 Å². The summed E-state index contributed by atoms with van der Waals surface area (Å²) in [7, 11) is 0. The van der Waals surface area contributed by atoms with Gasteiger partial charge in [0, 0.05) is 12.5 Å². The van der Waals surface area contributed by atoms with Gasteiger partial charge in [0.25, 0.3) is 0 Å². The second kappa shape index (κ2) is 7.46. The quantitative estimate of drug-likeness (QED) is 0.845. The molecule has 1 aliphatic carbocycles. The summed E-state index contributed by atoms with van der Waals surface area (Å²) in [6, 6.07) is 8.12. The monoisotopic (exact) mass is 290 g/mol. The fraction of sp³-hybridized carbons (Fsp3) is 0.588. The molecule has 3 N–H and O–H groups in total. The van der Waals surface area contributed by atoms with Crippen LogP contribution < -0.4 is 15.8 Å². The molecule has 0 aliphatic heterocycles. The number of rotatable bonds is 6. The first kappa shape index (κ1) is 15.8. The molecular formula is C17H26N2O2. The molecule has 0 aromatic heterocycles. The van der Waals surface area contributed by atoms with E-state index in [1.807, 2.05) is 38.1 Å². The molecule has 1 aliphatic rings. The van der Waals surface area contributed by atoms with Gasteiger partial charge in [-0.15, -0.1) is 0 Å². The highest BCUT2D eigenvalue weighted by Gasteiger charge is 2.26. The highest BCUT2D eigenvalue weighted by atomic mass is 16.5. The van der Waals surface area contributed by atoms with E-state index in [1.165, 1.54) is 5.56 Å². The van der Waals surface area contributed by atoms with Crippen molar-refractivity contribution in [3.8, 4) is 5.75 Å². The highest BCUT2D eigenvalue weighted by Crippen LogP contribution is 2.26. The third-order valence-electron chi connectivity index (χ3n) is 4.11. The van der Waals surface area contributed by atoms with Gasteiger partial charge in [-0.05, 0) is 44.7 Å². The summed E-state index contributed by atoms with van der Waals surface area (Å²) in [6.45, 7) is 4.53. The second-order valence-electron chi connectivity index (χ2n) is 6.10. The third kappa shape index (κ3) is 5.05. The number of amides is 1. The number of benzene rings is 1. The molecule has 1 aromatic rings. The number of hydrogen-bond donors (Lipinski definition) is 2. The summed E-state index contributed by atoms with van der Waals surface area (Å²) in [5.41, 5.74) is 7.20. The van der Waals surface area contributed by atoms with Crippen LogP contribution in [0.5, 0.6) is 5.75 Å². The number of ether oxygens (including phenoxy) is 1.